The molecule has 15 heavy (non-hydrogen) atoms. The first-order chi connectivity index (χ1) is 7.42. The van der Waals surface area contributed by atoms with Gasteiger partial charge in [-0.2, -0.15) is 0 Å². The molecule has 0 radical (unpaired) electrons. The van der Waals surface area contributed by atoms with Crippen LogP contribution in [0.25, 0.3) is 0 Å². The maximum absolute atomic E-state index is 3.82. The second-order valence-electron chi connectivity index (χ2n) is 3.89. The largest absolute Gasteiger partial charge is 0.383 e. The van der Waals surface area contributed by atoms with Crippen LogP contribution in [0.5, 0.6) is 0 Å². The Morgan fingerprint density at radius 3 is 3.07 bits per heavy atom. The summed E-state index contributed by atoms with van der Waals surface area (Å²) in [5, 5.41) is 3.48. The zero-order chi connectivity index (χ0) is 10.5. The number of para-hydroxylation sites is 2. The normalized spacial score (nSPS) is 15.9. The molecule has 0 bridgehead atoms. The zero-order valence-electron chi connectivity index (χ0n) is 9.08. The Morgan fingerprint density at radius 2 is 2.20 bits per heavy atom. The molecule has 2 rings (SSSR count). The predicted octanol–water partition coefficient (Wildman–Crippen LogP) is 2.88. The van der Waals surface area contributed by atoms with Crippen LogP contribution in [-0.4, -0.2) is 19.6 Å². The topological polar surface area (TPSA) is 15.3 Å². The van der Waals surface area contributed by atoms with E-state index in [9.17, 15) is 0 Å². The van der Waals surface area contributed by atoms with Crippen LogP contribution in [0.2, 0.25) is 0 Å². The summed E-state index contributed by atoms with van der Waals surface area (Å²) in [5.74, 6) is 0. The van der Waals surface area contributed by atoms with E-state index in [-0.39, 0.29) is 0 Å². The lowest BCUT2D eigenvalue weighted by Crippen LogP contribution is -2.27. The van der Waals surface area contributed by atoms with Crippen molar-refractivity contribution in [1.82, 2.24) is 0 Å². The number of nitrogens with zero attached hydrogens (tertiary/aromatic N) is 1. The third kappa shape index (κ3) is 2.32. The van der Waals surface area contributed by atoms with Gasteiger partial charge in [0.25, 0.3) is 0 Å². The highest BCUT2D eigenvalue weighted by atomic mass is 15.1. The van der Waals surface area contributed by atoms with Gasteiger partial charge in [0.2, 0.25) is 0 Å². The number of rotatable bonds is 2. The van der Waals surface area contributed by atoms with Crippen LogP contribution in [0.3, 0.4) is 0 Å². The third-order valence-corrected chi connectivity index (χ3v) is 2.76. The van der Waals surface area contributed by atoms with Crippen LogP contribution >= 0.6 is 0 Å². The van der Waals surface area contributed by atoms with E-state index in [2.05, 4.69) is 41.1 Å². The van der Waals surface area contributed by atoms with Gasteiger partial charge in [-0.15, -0.1) is 6.58 Å². The Hall–Kier alpha value is -1.44. The summed E-state index contributed by atoms with van der Waals surface area (Å²) in [5.41, 5.74) is 2.55. The van der Waals surface area contributed by atoms with Gasteiger partial charge in [0, 0.05) is 19.6 Å². The lowest BCUT2D eigenvalue weighted by atomic mass is 10.1. The number of anilines is 2. The van der Waals surface area contributed by atoms with Crippen LogP contribution in [0.1, 0.15) is 12.8 Å². The molecule has 1 N–H and O–H groups in total. The van der Waals surface area contributed by atoms with E-state index in [1.54, 1.807) is 0 Å². The molecule has 1 aliphatic heterocycles. The molecule has 0 aromatic heterocycles. The van der Waals surface area contributed by atoms with Gasteiger partial charge in [-0.3, -0.25) is 0 Å². The molecule has 1 heterocycles. The molecule has 0 amide bonds. The molecule has 0 atom stereocenters. The van der Waals surface area contributed by atoms with Crippen molar-refractivity contribution in [3.8, 4) is 0 Å². The Bertz CT molecular complexity index is 333. The second-order valence-corrected chi connectivity index (χ2v) is 3.89. The Labute approximate surface area is 91.6 Å². The second kappa shape index (κ2) is 4.87. The highest BCUT2D eigenvalue weighted by Gasteiger charge is 2.11. The smallest absolute Gasteiger partial charge is 0.0604 e. The summed E-state index contributed by atoms with van der Waals surface area (Å²) < 4.78 is 0. The number of hydrogen-bond acceptors (Lipinski definition) is 2. The minimum atomic E-state index is 0.929. The van der Waals surface area contributed by atoms with Crippen molar-refractivity contribution in [2.75, 3.05) is 29.9 Å². The fourth-order valence-corrected chi connectivity index (χ4v) is 2.02. The van der Waals surface area contributed by atoms with Crippen LogP contribution in [0.4, 0.5) is 11.4 Å². The van der Waals surface area contributed by atoms with Crippen molar-refractivity contribution in [3.63, 3.8) is 0 Å². The number of hydrogen-bond donors (Lipinski definition) is 1. The third-order valence-electron chi connectivity index (χ3n) is 2.76. The molecule has 0 spiro atoms. The van der Waals surface area contributed by atoms with Gasteiger partial charge in [0.1, 0.15) is 0 Å². The molecule has 0 aliphatic carbocycles. The molecule has 1 aliphatic rings. The fourth-order valence-electron chi connectivity index (χ4n) is 2.02. The van der Waals surface area contributed by atoms with Crippen molar-refractivity contribution in [1.29, 1.82) is 0 Å². The molecular weight excluding hydrogens is 184 g/mol. The summed E-state index contributed by atoms with van der Waals surface area (Å²) in [6.45, 7) is 6.96. The van der Waals surface area contributed by atoms with Crippen molar-refractivity contribution in [2.45, 2.75) is 12.8 Å². The highest BCUT2D eigenvalue weighted by molar-refractivity contribution is 5.70. The first-order valence-electron chi connectivity index (χ1n) is 5.60. The Balaban J connectivity index is 2.29. The molecule has 1 aromatic carbocycles. The van der Waals surface area contributed by atoms with Gasteiger partial charge in [-0.05, 0) is 25.0 Å². The molecule has 0 fully saturated rings. The SMILES string of the molecule is C=CCN1CCCCNc2ccccc21. The van der Waals surface area contributed by atoms with E-state index >= 15 is 0 Å². The molecule has 80 valence electrons. The Kier molecular flexibility index (Phi) is 3.28. The van der Waals surface area contributed by atoms with E-state index < -0.39 is 0 Å². The van der Waals surface area contributed by atoms with Crippen LogP contribution in [-0.2, 0) is 0 Å². The van der Waals surface area contributed by atoms with Gasteiger partial charge in [-0.25, -0.2) is 0 Å². The van der Waals surface area contributed by atoms with Gasteiger partial charge < -0.3 is 10.2 Å². The van der Waals surface area contributed by atoms with E-state index in [0.717, 1.165) is 19.6 Å². The van der Waals surface area contributed by atoms with Crippen LogP contribution in [0.15, 0.2) is 36.9 Å². The first kappa shape index (κ1) is 10.1. The molecular formula is C13H18N2. The maximum atomic E-state index is 3.82. The summed E-state index contributed by atoms with van der Waals surface area (Å²) >= 11 is 0. The Morgan fingerprint density at radius 1 is 1.33 bits per heavy atom. The number of benzene rings is 1. The summed E-state index contributed by atoms with van der Waals surface area (Å²) in [6.07, 6.45) is 4.45. The van der Waals surface area contributed by atoms with Crippen molar-refractivity contribution < 1.29 is 0 Å². The monoisotopic (exact) mass is 202 g/mol. The van der Waals surface area contributed by atoms with E-state index in [1.807, 2.05) is 6.08 Å². The summed E-state index contributed by atoms with van der Waals surface area (Å²) in [6, 6.07) is 8.51. The average molecular weight is 202 g/mol. The van der Waals surface area contributed by atoms with E-state index in [1.165, 1.54) is 24.2 Å². The maximum Gasteiger partial charge on any atom is 0.0604 e. The number of nitrogens with one attached hydrogen (secondary N) is 1. The number of fused-ring (bicyclic) bond motifs is 1. The lowest BCUT2D eigenvalue weighted by Gasteiger charge is -2.28. The summed E-state index contributed by atoms with van der Waals surface area (Å²) in [4.78, 5) is 2.38. The minimum absolute atomic E-state index is 0.929. The van der Waals surface area contributed by atoms with Gasteiger partial charge in [0.15, 0.2) is 0 Å². The van der Waals surface area contributed by atoms with Crippen LogP contribution in [0, 0.1) is 0 Å². The fraction of sp³-hybridized carbons (Fsp3) is 0.385. The first-order valence-corrected chi connectivity index (χ1v) is 5.60. The molecule has 0 saturated heterocycles. The van der Waals surface area contributed by atoms with E-state index in [4.69, 9.17) is 0 Å². The molecule has 2 nitrogen and oxygen atoms in total. The predicted molar refractivity (Wildman–Crippen MR) is 66.6 cm³/mol. The highest BCUT2D eigenvalue weighted by Crippen LogP contribution is 2.27. The van der Waals surface area contributed by atoms with Crippen molar-refractivity contribution in [2.24, 2.45) is 0 Å². The van der Waals surface area contributed by atoms with Crippen LogP contribution < -0.4 is 10.2 Å². The minimum Gasteiger partial charge on any atom is -0.383 e. The van der Waals surface area contributed by atoms with Gasteiger partial charge in [-0.1, -0.05) is 18.2 Å². The van der Waals surface area contributed by atoms with Crippen molar-refractivity contribution >= 4 is 11.4 Å². The van der Waals surface area contributed by atoms with Gasteiger partial charge in [0.05, 0.1) is 11.4 Å². The summed E-state index contributed by atoms with van der Waals surface area (Å²) in [7, 11) is 0. The quantitative estimate of drug-likeness (QED) is 0.742. The molecule has 0 unspecified atom stereocenters. The molecule has 0 saturated carbocycles. The lowest BCUT2D eigenvalue weighted by molar-refractivity contribution is 0.716. The van der Waals surface area contributed by atoms with Gasteiger partial charge >= 0.3 is 0 Å². The average Bonchev–Trinajstić information content (AvgIpc) is 2.24. The van der Waals surface area contributed by atoms with Crippen molar-refractivity contribution in [3.05, 3.63) is 36.9 Å². The standard InChI is InChI=1S/C13H18N2/c1-2-10-15-11-6-5-9-14-12-7-3-4-8-13(12)15/h2-4,7-8,14H,1,5-6,9-11H2. The van der Waals surface area contributed by atoms with E-state index in [0.29, 0.717) is 0 Å². The molecule has 2 heteroatoms. The molecule has 1 aromatic rings. The zero-order valence-corrected chi connectivity index (χ0v) is 9.08.